The first kappa shape index (κ1) is 7.98. The van der Waals surface area contributed by atoms with Crippen LogP contribution in [0.5, 0.6) is 0 Å². The molecule has 1 aliphatic heterocycles. The molecule has 0 aromatic heterocycles. The molecular formula is C13H13N. The number of rotatable bonds is 2. The van der Waals surface area contributed by atoms with Crippen molar-refractivity contribution in [3.8, 4) is 0 Å². The molecule has 1 heterocycles. The fraction of sp³-hybridized carbons (Fsp3) is 0.308. The van der Waals surface area contributed by atoms with Crippen LogP contribution in [-0.4, -0.2) is 5.71 Å². The van der Waals surface area contributed by atoms with E-state index in [4.69, 9.17) is 4.99 Å². The Balaban J connectivity index is 1.85. The zero-order valence-corrected chi connectivity index (χ0v) is 8.06. The molecule has 1 aromatic carbocycles. The lowest BCUT2D eigenvalue weighted by molar-refractivity contribution is 0.923. The molecule has 70 valence electrons. The van der Waals surface area contributed by atoms with E-state index in [1.54, 1.807) is 0 Å². The molecule has 1 saturated carbocycles. The van der Waals surface area contributed by atoms with Gasteiger partial charge >= 0.3 is 0 Å². The van der Waals surface area contributed by atoms with Crippen molar-refractivity contribution in [2.75, 3.05) is 0 Å². The molecule has 1 atom stereocenters. The average Bonchev–Trinajstić information content (AvgIpc) is 2.98. The summed E-state index contributed by atoms with van der Waals surface area (Å²) in [7, 11) is 0. The Kier molecular flexibility index (Phi) is 1.76. The molecule has 1 aromatic rings. The van der Waals surface area contributed by atoms with Gasteiger partial charge in [0.15, 0.2) is 0 Å². The van der Waals surface area contributed by atoms with Gasteiger partial charge in [0.25, 0.3) is 0 Å². The lowest BCUT2D eigenvalue weighted by Crippen LogP contribution is -1.93. The summed E-state index contributed by atoms with van der Waals surface area (Å²) >= 11 is 0. The number of aliphatic imine (C=N–C) groups is 1. The second-order valence-corrected chi connectivity index (χ2v) is 4.04. The molecule has 0 amide bonds. The van der Waals surface area contributed by atoms with Crippen LogP contribution in [0.2, 0.25) is 0 Å². The van der Waals surface area contributed by atoms with E-state index in [2.05, 4.69) is 36.4 Å². The number of nitrogens with zero attached hydrogens (tertiary/aromatic N) is 1. The molecule has 1 heteroatoms. The van der Waals surface area contributed by atoms with Crippen LogP contribution in [0.4, 0.5) is 0 Å². The maximum atomic E-state index is 4.73. The first-order chi connectivity index (χ1) is 6.93. The van der Waals surface area contributed by atoms with E-state index >= 15 is 0 Å². The van der Waals surface area contributed by atoms with Gasteiger partial charge in [0.05, 0.1) is 6.04 Å². The number of allylic oxidation sites excluding steroid dienone is 1. The minimum atomic E-state index is 0.284. The Morgan fingerprint density at radius 3 is 2.57 bits per heavy atom. The monoisotopic (exact) mass is 183 g/mol. The summed E-state index contributed by atoms with van der Waals surface area (Å²) in [5, 5.41) is 0. The van der Waals surface area contributed by atoms with Gasteiger partial charge in [0.1, 0.15) is 0 Å². The van der Waals surface area contributed by atoms with Crippen LogP contribution in [0.15, 0.2) is 47.5 Å². The van der Waals surface area contributed by atoms with Crippen molar-refractivity contribution in [1.82, 2.24) is 0 Å². The van der Waals surface area contributed by atoms with Crippen molar-refractivity contribution in [3.05, 3.63) is 48.0 Å². The van der Waals surface area contributed by atoms with E-state index in [0.29, 0.717) is 0 Å². The summed E-state index contributed by atoms with van der Waals surface area (Å²) in [6, 6.07) is 10.8. The zero-order chi connectivity index (χ0) is 9.38. The van der Waals surface area contributed by atoms with Crippen LogP contribution >= 0.6 is 0 Å². The molecule has 1 nitrogen and oxygen atoms in total. The molecule has 2 aliphatic rings. The van der Waals surface area contributed by atoms with Crippen LogP contribution < -0.4 is 0 Å². The van der Waals surface area contributed by atoms with Crippen LogP contribution in [0.3, 0.4) is 0 Å². The van der Waals surface area contributed by atoms with Gasteiger partial charge in [0, 0.05) is 11.6 Å². The highest BCUT2D eigenvalue weighted by Crippen LogP contribution is 2.35. The second-order valence-electron chi connectivity index (χ2n) is 4.04. The Hall–Kier alpha value is -1.37. The van der Waals surface area contributed by atoms with E-state index in [-0.39, 0.29) is 6.04 Å². The molecule has 3 rings (SSSR count). The smallest absolute Gasteiger partial charge is 0.0937 e. The van der Waals surface area contributed by atoms with Gasteiger partial charge in [-0.25, -0.2) is 0 Å². The van der Waals surface area contributed by atoms with Crippen LogP contribution in [0.25, 0.3) is 0 Å². The molecule has 1 aliphatic carbocycles. The van der Waals surface area contributed by atoms with E-state index < -0.39 is 0 Å². The van der Waals surface area contributed by atoms with Gasteiger partial charge in [-0.2, -0.15) is 0 Å². The standard InChI is InChI=1S/C13H13N/c1-2-4-10(5-3-1)12-8-9-13(14-12)11-6-7-11/h1-5,8-9,11-12H,6-7H2. The summed E-state index contributed by atoms with van der Waals surface area (Å²) in [5.41, 5.74) is 2.62. The van der Waals surface area contributed by atoms with Gasteiger partial charge < -0.3 is 0 Å². The van der Waals surface area contributed by atoms with Crippen molar-refractivity contribution in [1.29, 1.82) is 0 Å². The second kappa shape index (κ2) is 3.09. The predicted molar refractivity (Wildman–Crippen MR) is 58.5 cm³/mol. The summed E-state index contributed by atoms with van der Waals surface area (Å²) in [4.78, 5) is 4.73. The van der Waals surface area contributed by atoms with E-state index in [1.807, 2.05) is 6.07 Å². The fourth-order valence-corrected chi connectivity index (χ4v) is 1.89. The number of hydrogen-bond acceptors (Lipinski definition) is 1. The fourth-order valence-electron chi connectivity index (χ4n) is 1.89. The predicted octanol–water partition coefficient (Wildman–Crippen LogP) is 3.15. The summed E-state index contributed by atoms with van der Waals surface area (Å²) in [5.74, 6) is 0.778. The Morgan fingerprint density at radius 2 is 1.86 bits per heavy atom. The first-order valence-corrected chi connectivity index (χ1v) is 5.24. The SMILES string of the molecule is C1=CC(c2ccccc2)N=C1C1CC1. The third kappa shape index (κ3) is 1.39. The Morgan fingerprint density at radius 1 is 1.07 bits per heavy atom. The van der Waals surface area contributed by atoms with Gasteiger partial charge in [-0.05, 0) is 24.5 Å². The van der Waals surface area contributed by atoms with Crippen molar-refractivity contribution >= 4 is 5.71 Å². The van der Waals surface area contributed by atoms with Crippen LogP contribution in [-0.2, 0) is 0 Å². The van der Waals surface area contributed by atoms with Crippen molar-refractivity contribution in [3.63, 3.8) is 0 Å². The zero-order valence-electron chi connectivity index (χ0n) is 8.06. The van der Waals surface area contributed by atoms with E-state index in [0.717, 1.165) is 5.92 Å². The highest BCUT2D eigenvalue weighted by molar-refractivity contribution is 6.00. The molecule has 14 heavy (non-hydrogen) atoms. The summed E-state index contributed by atoms with van der Waals surface area (Å²) in [6.45, 7) is 0. The Bertz CT molecular complexity index is 385. The molecular weight excluding hydrogens is 170 g/mol. The van der Waals surface area contributed by atoms with E-state index in [1.165, 1.54) is 24.1 Å². The molecule has 1 unspecified atom stereocenters. The van der Waals surface area contributed by atoms with Crippen LogP contribution in [0.1, 0.15) is 24.4 Å². The number of hydrogen-bond donors (Lipinski definition) is 0. The average molecular weight is 183 g/mol. The molecule has 0 radical (unpaired) electrons. The van der Waals surface area contributed by atoms with Gasteiger partial charge in [-0.15, -0.1) is 0 Å². The first-order valence-electron chi connectivity index (χ1n) is 5.24. The topological polar surface area (TPSA) is 12.4 Å². The minimum absolute atomic E-state index is 0.284. The lowest BCUT2D eigenvalue weighted by Gasteiger charge is -2.03. The third-order valence-electron chi connectivity index (χ3n) is 2.87. The minimum Gasteiger partial charge on any atom is -0.277 e. The van der Waals surface area contributed by atoms with Crippen molar-refractivity contribution < 1.29 is 0 Å². The molecule has 0 bridgehead atoms. The number of benzene rings is 1. The summed E-state index contributed by atoms with van der Waals surface area (Å²) < 4.78 is 0. The van der Waals surface area contributed by atoms with Crippen LogP contribution in [0, 0.1) is 5.92 Å². The normalized spacial score (nSPS) is 25.1. The largest absolute Gasteiger partial charge is 0.277 e. The van der Waals surface area contributed by atoms with E-state index in [9.17, 15) is 0 Å². The van der Waals surface area contributed by atoms with Crippen molar-refractivity contribution in [2.24, 2.45) is 10.9 Å². The lowest BCUT2D eigenvalue weighted by atomic mass is 10.1. The molecule has 0 spiro atoms. The Labute approximate surface area is 84.2 Å². The van der Waals surface area contributed by atoms with Gasteiger partial charge in [-0.3, -0.25) is 4.99 Å². The molecule has 1 fully saturated rings. The summed E-state index contributed by atoms with van der Waals surface area (Å²) in [6.07, 6.45) is 7.09. The van der Waals surface area contributed by atoms with Gasteiger partial charge in [-0.1, -0.05) is 36.4 Å². The maximum Gasteiger partial charge on any atom is 0.0937 e. The quantitative estimate of drug-likeness (QED) is 0.668. The highest BCUT2D eigenvalue weighted by atomic mass is 14.8. The van der Waals surface area contributed by atoms with Gasteiger partial charge in [0.2, 0.25) is 0 Å². The molecule has 0 saturated heterocycles. The molecule has 0 N–H and O–H groups in total. The van der Waals surface area contributed by atoms with Crippen molar-refractivity contribution in [2.45, 2.75) is 18.9 Å². The highest BCUT2D eigenvalue weighted by Gasteiger charge is 2.28. The maximum absolute atomic E-state index is 4.73. The third-order valence-corrected chi connectivity index (χ3v) is 2.87.